The summed E-state index contributed by atoms with van der Waals surface area (Å²) in [7, 11) is 2.20. The minimum absolute atomic E-state index is 0. The van der Waals surface area contributed by atoms with Gasteiger partial charge in [-0.25, -0.2) is 0 Å². The first-order chi connectivity index (χ1) is 15.5. The summed E-state index contributed by atoms with van der Waals surface area (Å²) in [5.41, 5.74) is 1.22. The van der Waals surface area contributed by atoms with Crippen LogP contribution in [-0.2, 0) is 6.42 Å². The van der Waals surface area contributed by atoms with Gasteiger partial charge in [0.05, 0.1) is 19.8 Å². The maximum Gasteiger partial charge on any atom is 0.191 e. The van der Waals surface area contributed by atoms with Crippen molar-refractivity contribution in [3.63, 3.8) is 0 Å². The fourth-order valence-electron chi connectivity index (χ4n) is 4.00. The van der Waals surface area contributed by atoms with Crippen molar-refractivity contribution < 1.29 is 9.47 Å². The number of rotatable bonds is 12. The fourth-order valence-corrected chi connectivity index (χ4v) is 4.00. The first-order valence-electron chi connectivity index (χ1n) is 12.3. The van der Waals surface area contributed by atoms with Crippen molar-refractivity contribution in [1.29, 1.82) is 0 Å². The molecule has 1 unspecified atom stereocenters. The summed E-state index contributed by atoms with van der Waals surface area (Å²) >= 11 is 0. The Balaban J connectivity index is 0.00000544. The molecule has 8 heteroatoms. The highest BCUT2D eigenvalue weighted by Gasteiger charge is 2.24. The number of likely N-dealkylation sites (N-methyl/N-ethyl adjacent to an activating group) is 1. The molecule has 33 heavy (non-hydrogen) atoms. The third-order valence-corrected chi connectivity index (χ3v) is 5.87. The Bertz CT molecular complexity index is 693. The van der Waals surface area contributed by atoms with E-state index in [1.807, 2.05) is 19.9 Å². The summed E-state index contributed by atoms with van der Waals surface area (Å²) in [6.07, 6.45) is 0.892. The first-order valence-corrected chi connectivity index (χ1v) is 12.3. The molecule has 1 aliphatic rings. The van der Waals surface area contributed by atoms with Crippen LogP contribution in [0.3, 0.4) is 0 Å². The van der Waals surface area contributed by atoms with Gasteiger partial charge in [-0.3, -0.25) is 9.89 Å². The molecule has 1 saturated heterocycles. The Morgan fingerprint density at radius 1 is 1.00 bits per heavy atom. The van der Waals surface area contributed by atoms with E-state index in [9.17, 15) is 0 Å². The van der Waals surface area contributed by atoms with Gasteiger partial charge in [-0.2, -0.15) is 0 Å². The Hall–Kier alpha value is -1.26. The quantitative estimate of drug-likeness (QED) is 0.226. The molecule has 1 aromatic rings. The molecule has 0 aliphatic carbocycles. The number of aliphatic imine (C=N–C) groups is 1. The summed E-state index contributed by atoms with van der Waals surface area (Å²) in [5, 5.41) is 6.90. The van der Waals surface area contributed by atoms with Gasteiger partial charge in [0.1, 0.15) is 0 Å². The van der Waals surface area contributed by atoms with Gasteiger partial charge in [0.25, 0.3) is 0 Å². The molecule has 0 bridgehead atoms. The third-order valence-electron chi connectivity index (χ3n) is 5.87. The van der Waals surface area contributed by atoms with Crippen LogP contribution in [0.25, 0.3) is 0 Å². The second kappa shape index (κ2) is 16.4. The van der Waals surface area contributed by atoms with Gasteiger partial charge in [0.15, 0.2) is 17.5 Å². The molecule has 1 atom stereocenters. The number of ether oxygens (including phenoxy) is 2. The number of benzene rings is 1. The number of nitrogens with one attached hydrogen (secondary N) is 2. The van der Waals surface area contributed by atoms with Gasteiger partial charge < -0.3 is 25.0 Å². The first kappa shape index (κ1) is 29.8. The minimum atomic E-state index is 0. The molecule has 2 N–H and O–H groups in total. The van der Waals surface area contributed by atoms with Crippen LogP contribution in [0, 0.1) is 5.92 Å². The number of nitrogens with zero attached hydrogens (tertiary/aromatic N) is 3. The molecule has 0 radical (unpaired) electrons. The number of hydrogen-bond donors (Lipinski definition) is 2. The van der Waals surface area contributed by atoms with Gasteiger partial charge in [0, 0.05) is 45.3 Å². The summed E-state index contributed by atoms with van der Waals surface area (Å²) in [5.74, 6) is 3.10. The average Bonchev–Trinajstić information content (AvgIpc) is 2.77. The number of halogens is 1. The highest BCUT2D eigenvalue weighted by atomic mass is 127. The second-order valence-electron chi connectivity index (χ2n) is 8.69. The number of guanidine groups is 1. The summed E-state index contributed by atoms with van der Waals surface area (Å²) < 4.78 is 11.4. The molecule has 2 rings (SSSR count). The lowest BCUT2D eigenvalue weighted by Gasteiger charge is -2.39. The molecule has 1 aromatic carbocycles. The molecule has 0 spiro atoms. The van der Waals surface area contributed by atoms with Crippen molar-refractivity contribution in [2.75, 3.05) is 66.1 Å². The lowest BCUT2D eigenvalue weighted by molar-refractivity contribution is 0.0925. The largest absolute Gasteiger partial charge is 0.490 e. The standard InChI is InChI=1S/C25H45N5O2.HI/c1-7-26-25(28-19-22(20(4)5)30-16-14-29(6)15-17-30)27-13-12-21-10-11-23(31-8-2)24(18-21)32-9-3;/h10-11,18,20,22H,7-9,12-17,19H2,1-6H3,(H2,26,27,28);1H. The van der Waals surface area contributed by atoms with Crippen molar-refractivity contribution in [3.8, 4) is 11.5 Å². The predicted octanol–water partition coefficient (Wildman–Crippen LogP) is 3.47. The second-order valence-corrected chi connectivity index (χ2v) is 8.69. The van der Waals surface area contributed by atoms with Gasteiger partial charge in [-0.1, -0.05) is 19.9 Å². The van der Waals surface area contributed by atoms with Crippen molar-refractivity contribution in [2.45, 2.75) is 47.1 Å². The Kier molecular flexibility index (Phi) is 14.8. The molecular formula is C25H46IN5O2. The van der Waals surface area contributed by atoms with Crippen molar-refractivity contribution >= 4 is 29.9 Å². The lowest BCUT2D eigenvalue weighted by atomic mass is 10.0. The average molecular weight is 576 g/mol. The van der Waals surface area contributed by atoms with Crippen LogP contribution < -0.4 is 20.1 Å². The Morgan fingerprint density at radius 3 is 2.27 bits per heavy atom. The minimum Gasteiger partial charge on any atom is -0.490 e. The Labute approximate surface area is 218 Å². The predicted molar refractivity (Wildman–Crippen MR) is 150 cm³/mol. The van der Waals surface area contributed by atoms with E-state index in [0.29, 0.717) is 25.2 Å². The maximum absolute atomic E-state index is 5.76. The molecule has 1 aliphatic heterocycles. The molecule has 1 heterocycles. The third kappa shape index (κ3) is 10.3. The van der Waals surface area contributed by atoms with E-state index in [1.54, 1.807) is 0 Å². The molecule has 7 nitrogen and oxygen atoms in total. The van der Waals surface area contributed by atoms with Crippen molar-refractivity contribution in [3.05, 3.63) is 23.8 Å². The monoisotopic (exact) mass is 575 g/mol. The molecular weight excluding hydrogens is 529 g/mol. The van der Waals surface area contributed by atoms with Gasteiger partial charge in [-0.15, -0.1) is 24.0 Å². The lowest BCUT2D eigenvalue weighted by Crippen LogP contribution is -2.52. The van der Waals surface area contributed by atoms with E-state index in [-0.39, 0.29) is 24.0 Å². The topological polar surface area (TPSA) is 61.4 Å². The van der Waals surface area contributed by atoms with Gasteiger partial charge in [0.2, 0.25) is 0 Å². The highest BCUT2D eigenvalue weighted by molar-refractivity contribution is 14.0. The van der Waals surface area contributed by atoms with Crippen LogP contribution in [0.15, 0.2) is 23.2 Å². The summed E-state index contributed by atoms with van der Waals surface area (Å²) in [6.45, 7) is 19.0. The van der Waals surface area contributed by atoms with E-state index >= 15 is 0 Å². The van der Waals surface area contributed by atoms with Crippen LogP contribution in [0.5, 0.6) is 11.5 Å². The van der Waals surface area contributed by atoms with E-state index < -0.39 is 0 Å². The maximum atomic E-state index is 5.76. The number of piperazine rings is 1. The van der Waals surface area contributed by atoms with E-state index in [0.717, 1.165) is 69.7 Å². The zero-order valence-electron chi connectivity index (χ0n) is 21.5. The van der Waals surface area contributed by atoms with Gasteiger partial charge in [-0.05, 0) is 57.9 Å². The zero-order chi connectivity index (χ0) is 23.3. The zero-order valence-corrected chi connectivity index (χ0v) is 23.9. The van der Waals surface area contributed by atoms with Crippen LogP contribution >= 0.6 is 24.0 Å². The summed E-state index contributed by atoms with van der Waals surface area (Å²) in [4.78, 5) is 9.95. The van der Waals surface area contributed by atoms with Crippen molar-refractivity contribution in [1.82, 2.24) is 20.4 Å². The van der Waals surface area contributed by atoms with E-state index in [1.165, 1.54) is 5.56 Å². The SMILES string of the molecule is CCNC(=NCC(C(C)C)N1CCN(C)CC1)NCCc1ccc(OCC)c(OCC)c1.I. The fraction of sp³-hybridized carbons (Fsp3) is 0.720. The van der Waals surface area contributed by atoms with E-state index in [2.05, 4.69) is 60.4 Å². The molecule has 190 valence electrons. The smallest absolute Gasteiger partial charge is 0.191 e. The van der Waals surface area contributed by atoms with Crippen molar-refractivity contribution in [2.24, 2.45) is 10.9 Å². The van der Waals surface area contributed by atoms with Gasteiger partial charge >= 0.3 is 0 Å². The number of hydrogen-bond acceptors (Lipinski definition) is 5. The molecule has 0 amide bonds. The Morgan fingerprint density at radius 2 is 1.67 bits per heavy atom. The molecule has 0 aromatic heterocycles. The van der Waals surface area contributed by atoms with Crippen LogP contribution in [0.2, 0.25) is 0 Å². The summed E-state index contributed by atoms with van der Waals surface area (Å²) in [6, 6.07) is 6.68. The highest BCUT2D eigenvalue weighted by Crippen LogP contribution is 2.28. The van der Waals surface area contributed by atoms with Crippen LogP contribution in [0.1, 0.15) is 40.2 Å². The van der Waals surface area contributed by atoms with Crippen LogP contribution in [-0.4, -0.2) is 87.9 Å². The van der Waals surface area contributed by atoms with Crippen LogP contribution in [0.4, 0.5) is 0 Å². The molecule has 1 fully saturated rings. The van der Waals surface area contributed by atoms with E-state index in [4.69, 9.17) is 14.5 Å². The normalized spacial score (nSPS) is 16.3. The molecule has 0 saturated carbocycles.